The average molecular weight is 343 g/mol. The van der Waals surface area contributed by atoms with E-state index in [0.29, 0.717) is 23.0 Å². The predicted molar refractivity (Wildman–Crippen MR) is 81.8 cm³/mol. The van der Waals surface area contributed by atoms with Crippen molar-refractivity contribution in [3.63, 3.8) is 0 Å². The summed E-state index contributed by atoms with van der Waals surface area (Å²) >= 11 is 3.27. The largest absolute Gasteiger partial charge is 0.478 e. The van der Waals surface area contributed by atoms with Gasteiger partial charge in [0.1, 0.15) is 0 Å². The van der Waals surface area contributed by atoms with Gasteiger partial charge in [-0.3, -0.25) is 4.79 Å². The summed E-state index contributed by atoms with van der Waals surface area (Å²) in [5.74, 6) is -1.16. The van der Waals surface area contributed by atoms with Gasteiger partial charge in [0.15, 0.2) is 0 Å². The summed E-state index contributed by atoms with van der Waals surface area (Å²) in [4.78, 5) is 23.2. The van der Waals surface area contributed by atoms with E-state index in [1.807, 2.05) is 13.8 Å². The van der Waals surface area contributed by atoms with Crippen LogP contribution in [-0.4, -0.2) is 23.5 Å². The highest BCUT2D eigenvalue weighted by molar-refractivity contribution is 9.10. The zero-order valence-electron chi connectivity index (χ0n) is 11.6. The minimum absolute atomic E-state index is 0.145. The molecule has 0 aromatic heterocycles. The number of amides is 1. The van der Waals surface area contributed by atoms with Crippen molar-refractivity contribution in [1.82, 2.24) is 0 Å². The lowest BCUT2D eigenvalue weighted by Crippen LogP contribution is -2.41. The molecule has 1 amide bonds. The molecule has 0 aliphatic rings. The van der Waals surface area contributed by atoms with Gasteiger partial charge >= 0.3 is 5.97 Å². The number of halogens is 1. The van der Waals surface area contributed by atoms with Crippen molar-refractivity contribution in [2.75, 3.05) is 11.9 Å². The van der Waals surface area contributed by atoms with Gasteiger partial charge in [0.05, 0.1) is 16.7 Å². The molecule has 110 valence electrons. The number of rotatable bonds is 6. The van der Waals surface area contributed by atoms with E-state index in [9.17, 15) is 9.59 Å². The first-order chi connectivity index (χ1) is 9.40. The molecular formula is C14H19BrN2O3. The fourth-order valence-electron chi connectivity index (χ4n) is 1.96. The van der Waals surface area contributed by atoms with Crippen LogP contribution in [0.3, 0.4) is 0 Å². The second-order valence-electron chi connectivity index (χ2n) is 4.65. The number of nitrogens with two attached hydrogens (primary N) is 1. The number of aromatic carboxylic acids is 1. The molecular weight excluding hydrogens is 324 g/mol. The molecule has 20 heavy (non-hydrogen) atoms. The van der Waals surface area contributed by atoms with Gasteiger partial charge in [-0.1, -0.05) is 13.8 Å². The third-order valence-corrected chi connectivity index (χ3v) is 4.35. The summed E-state index contributed by atoms with van der Waals surface area (Å²) in [6.07, 6.45) is 1.30. The maximum absolute atomic E-state index is 12.4. The van der Waals surface area contributed by atoms with Crippen molar-refractivity contribution in [1.29, 1.82) is 0 Å². The normalized spacial score (nSPS) is 11.2. The molecule has 0 heterocycles. The van der Waals surface area contributed by atoms with Crippen molar-refractivity contribution in [3.05, 3.63) is 28.2 Å². The van der Waals surface area contributed by atoms with Gasteiger partial charge in [-0.05, 0) is 47.0 Å². The second-order valence-corrected chi connectivity index (χ2v) is 5.50. The van der Waals surface area contributed by atoms with Crippen LogP contribution in [0.15, 0.2) is 22.7 Å². The Morgan fingerprint density at radius 3 is 2.35 bits per heavy atom. The summed E-state index contributed by atoms with van der Waals surface area (Å²) in [5.41, 5.74) is 5.84. The Morgan fingerprint density at radius 2 is 1.95 bits per heavy atom. The van der Waals surface area contributed by atoms with Gasteiger partial charge < -0.3 is 16.2 Å². The Bertz CT molecular complexity index is 505. The molecule has 6 heteroatoms. The molecule has 0 bridgehead atoms. The zero-order valence-corrected chi connectivity index (χ0v) is 13.2. The summed E-state index contributed by atoms with van der Waals surface area (Å²) in [5, 5.41) is 11.7. The van der Waals surface area contributed by atoms with Gasteiger partial charge in [0.2, 0.25) is 5.91 Å². The van der Waals surface area contributed by atoms with Gasteiger partial charge in [0, 0.05) is 11.0 Å². The number of benzene rings is 1. The minimum Gasteiger partial charge on any atom is -0.478 e. The highest BCUT2D eigenvalue weighted by atomic mass is 79.9. The molecule has 0 unspecified atom stereocenters. The zero-order chi connectivity index (χ0) is 15.3. The van der Waals surface area contributed by atoms with Gasteiger partial charge in [-0.15, -0.1) is 0 Å². The maximum atomic E-state index is 12.4. The highest BCUT2D eigenvalue weighted by Gasteiger charge is 2.33. The number of carbonyl (C=O) groups is 2. The van der Waals surface area contributed by atoms with Crippen LogP contribution in [0.2, 0.25) is 0 Å². The van der Waals surface area contributed by atoms with Crippen LogP contribution in [0.25, 0.3) is 0 Å². The maximum Gasteiger partial charge on any atom is 0.335 e. The van der Waals surface area contributed by atoms with Crippen LogP contribution in [0.1, 0.15) is 37.0 Å². The number of nitrogens with one attached hydrogen (secondary N) is 1. The third kappa shape index (κ3) is 3.37. The van der Waals surface area contributed by atoms with E-state index >= 15 is 0 Å². The first kappa shape index (κ1) is 16.7. The molecule has 1 aromatic rings. The Kier molecular flexibility index (Phi) is 5.71. The third-order valence-electron chi connectivity index (χ3n) is 3.69. The van der Waals surface area contributed by atoms with Gasteiger partial charge in [-0.2, -0.15) is 0 Å². The Balaban J connectivity index is 2.99. The quantitative estimate of drug-likeness (QED) is 0.741. The molecule has 0 radical (unpaired) electrons. The van der Waals surface area contributed by atoms with Crippen molar-refractivity contribution < 1.29 is 14.7 Å². The Labute approximate surface area is 126 Å². The van der Waals surface area contributed by atoms with Crippen LogP contribution in [0, 0.1) is 5.41 Å². The van der Waals surface area contributed by atoms with E-state index in [2.05, 4.69) is 21.2 Å². The van der Waals surface area contributed by atoms with E-state index in [4.69, 9.17) is 10.8 Å². The number of hydrogen-bond donors (Lipinski definition) is 3. The standard InChI is InChI=1S/C14H19BrN2O3/c1-3-14(4-2,8-16)13(20)17-11-6-5-9(12(18)19)7-10(11)15/h5-7H,3-4,8,16H2,1-2H3,(H,17,20)(H,18,19). The molecule has 0 atom stereocenters. The van der Waals surface area contributed by atoms with E-state index in [0.717, 1.165) is 0 Å². The van der Waals surface area contributed by atoms with Crippen LogP contribution in [-0.2, 0) is 4.79 Å². The lowest BCUT2D eigenvalue weighted by molar-refractivity contribution is -0.125. The molecule has 1 rings (SSSR count). The van der Waals surface area contributed by atoms with Gasteiger partial charge in [-0.25, -0.2) is 4.79 Å². The van der Waals surface area contributed by atoms with Crippen LogP contribution >= 0.6 is 15.9 Å². The number of hydrogen-bond acceptors (Lipinski definition) is 3. The molecule has 0 aliphatic heterocycles. The van der Waals surface area contributed by atoms with Gasteiger partial charge in [0.25, 0.3) is 0 Å². The SMILES string of the molecule is CCC(CC)(CN)C(=O)Nc1ccc(C(=O)O)cc1Br. The van der Waals surface area contributed by atoms with Crippen molar-refractivity contribution >= 4 is 33.5 Å². The number of carboxylic acid groups (broad SMARTS) is 1. The van der Waals surface area contributed by atoms with Crippen molar-refractivity contribution in [3.8, 4) is 0 Å². The molecule has 4 N–H and O–H groups in total. The van der Waals surface area contributed by atoms with Crippen LogP contribution in [0.5, 0.6) is 0 Å². The topological polar surface area (TPSA) is 92.4 Å². The number of carboxylic acids is 1. The molecule has 0 fully saturated rings. The highest BCUT2D eigenvalue weighted by Crippen LogP contribution is 2.30. The fraction of sp³-hybridized carbons (Fsp3) is 0.429. The predicted octanol–water partition coefficient (Wildman–Crippen LogP) is 2.85. The lowest BCUT2D eigenvalue weighted by Gasteiger charge is -2.28. The fourth-order valence-corrected chi connectivity index (χ4v) is 2.43. The summed E-state index contributed by atoms with van der Waals surface area (Å²) < 4.78 is 0.531. The molecule has 0 saturated heterocycles. The Hall–Kier alpha value is -1.40. The molecule has 0 aliphatic carbocycles. The minimum atomic E-state index is -1.01. The van der Waals surface area contributed by atoms with E-state index in [1.165, 1.54) is 12.1 Å². The van der Waals surface area contributed by atoms with E-state index in [-0.39, 0.29) is 18.0 Å². The molecule has 0 saturated carbocycles. The number of anilines is 1. The van der Waals surface area contributed by atoms with Crippen molar-refractivity contribution in [2.45, 2.75) is 26.7 Å². The van der Waals surface area contributed by atoms with E-state index < -0.39 is 11.4 Å². The lowest BCUT2D eigenvalue weighted by atomic mass is 9.81. The molecule has 0 spiro atoms. The first-order valence-electron chi connectivity index (χ1n) is 6.44. The second kappa shape index (κ2) is 6.85. The van der Waals surface area contributed by atoms with Crippen molar-refractivity contribution in [2.24, 2.45) is 11.1 Å². The van der Waals surface area contributed by atoms with E-state index in [1.54, 1.807) is 6.07 Å². The summed E-state index contributed by atoms with van der Waals surface area (Å²) in [6, 6.07) is 4.47. The smallest absolute Gasteiger partial charge is 0.335 e. The average Bonchev–Trinajstić information content (AvgIpc) is 2.43. The number of carbonyl (C=O) groups excluding carboxylic acids is 1. The summed E-state index contributed by atoms with van der Waals surface area (Å²) in [6.45, 7) is 4.13. The Morgan fingerprint density at radius 1 is 1.35 bits per heavy atom. The first-order valence-corrected chi connectivity index (χ1v) is 7.23. The van der Waals surface area contributed by atoms with Crippen LogP contribution in [0.4, 0.5) is 5.69 Å². The molecule has 1 aromatic carbocycles. The molecule has 5 nitrogen and oxygen atoms in total. The monoisotopic (exact) mass is 342 g/mol. The van der Waals surface area contributed by atoms with Crippen LogP contribution < -0.4 is 11.1 Å². The summed E-state index contributed by atoms with van der Waals surface area (Å²) in [7, 11) is 0.